The Morgan fingerprint density at radius 1 is 1.12 bits per heavy atom. The van der Waals surface area contributed by atoms with E-state index in [1.54, 1.807) is 18.2 Å². The number of carbonyl (C=O) groups is 1. The van der Waals surface area contributed by atoms with Gasteiger partial charge in [0.15, 0.2) is 0 Å². The van der Waals surface area contributed by atoms with E-state index < -0.39 is 4.92 Å². The van der Waals surface area contributed by atoms with E-state index in [4.69, 9.17) is 4.74 Å². The van der Waals surface area contributed by atoms with Crippen molar-refractivity contribution in [1.82, 2.24) is 5.32 Å². The zero-order valence-electron chi connectivity index (χ0n) is 14.7. The molecule has 2 aromatic carbocycles. The van der Waals surface area contributed by atoms with Crippen molar-refractivity contribution in [3.8, 4) is 5.75 Å². The highest BCUT2D eigenvalue weighted by Gasteiger charge is 2.11. The van der Waals surface area contributed by atoms with Crippen LogP contribution in [0, 0.1) is 17.0 Å². The summed E-state index contributed by atoms with van der Waals surface area (Å²) in [6.07, 6.45) is 0.995. The minimum absolute atomic E-state index is 0.0204. The molecule has 7 heteroatoms. The molecule has 2 N–H and O–H groups in total. The SMILES string of the molecule is Cc1ccc(OCCCC(=O)NCCNc2ccccc2[N+](=O)[O-])cc1. The van der Waals surface area contributed by atoms with Gasteiger partial charge in [-0.2, -0.15) is 0 Å². The van der Waals surface area contributed by atoms with Gasteiger partial charge < -0.3 is 15.4 Å². The van der Waals surface area contributed by atoms with Gasteiger partial charge in [0.25, 0.3) is 5.69 Å². The Hall–Kier alpha value is -3.09. The van der Waals surface area contributed by atoms with E-state index in [9.17, 15) is 14.9 Å². The van der Waals surface area contributed by atoms with Gasteiger partial charge in [0.1, 0.15) is 11.4 Å². The Morgan fingerprint density at radius 2 is 1.85 bits per heavy atom. The van der Waals surface area contributed by atoms with Crippen LogP contribution in [0.15, 0.2) is 48.5 Å². The first-order valence-electron chi connectivity index (χ1n) is 8.50. The number of carbonyl (C=O) groups excluding carboxylic acids is 1. The second-order valence-electron chi connectivity index (χ2n) is 5.82. The van der Waals surface area contributed by atoms with Gasteiger partial charge in [-0.1, -0.05) is 29.8 Å². The summed E-state index contributed by atoms with van der Waals surface area (Å²) < 4.78 is 5.57. The molecule has 0 spiro atoms. The van der Waals surface area contributed by atoms with Gasteiger partial charge >= 0.3 is 0 Å². The van der Waals surface area contributed by atoms with Crippen LogP contribution in [0.3, 0.4) is 0 Å². The van der Waals surface area contributed by atoms with Gasteiger partial charge in [-0.05, 0) is 31.5 Å². The summed E-state index contributed by atoms with van der Waals surface area (Å²) >= 11 is 0. The number of benzene rings is 2. The average Bonchev–Trinajstić information content (AvgIpc) is 2.64. The Kier molecular flexibility index (Phi) is 7.42. The molecule has 0 bridgehead atoms. The lowest BCUT2D eigenvalue weighted by Gasteiger charge is -2.09. The number of nitrogens with zero attached hydrogens (tertiary/aromatic N) is 1. The second kappa shape index (κ2) is 10.0. The molecule has 1 amide bonds. The highest BCUT2D eigenvalue weighted by atomic mass is 16.6. The first-order valence-corrected chi connectivity index (χ1v) is 8.50. The topological polar surface area (TPSA) is 93.5 Å². The van der Waals surface area contributed by atoms with Crippen molar-refractivity contribution in [3.05, 3.63) is 64.2 Å². The third kappa shape index (κ3) is 6.43. The van der Waals surface area contributed by atoms with Crippen molar-refractivity contribution in [1.29, 1.82) is 0 Å². The quantitative estimate of drug-likeness (QED) is 0.387. The fourth-order valence-corrected chi connectivity index (χ4v) is 2.33. The molecule has 2 rings (SSSR count). The van der Waals surface area contributed by atoms with Crippen LogP contribution in [0.2, 0.25) is 0 Å². The highest BCUT2D eigenvalue weighted by Crippen LogP contribution is 2.22. The van der Waals surface area contributed by atoms with Crippen LogP contribution < -0.4 is 15.4 Å². The maximum Gasteiger partial charge on any atom is 0.292 e. The molecule has 0 aliphatic heterocycles. The molecule has 138 valence electrons. The maximum atomic E-state index is 11.8. The molecule has 2 aromatic rings. The molecule has 0 unspecified atom stereocenters. The van der Waals surface area contributed by atoms with Crippen LogP contribution in [-0.4, -0.2) is 30.5 Å². The van der Waals surface area contributed by atoms with Crippen molar-refractivity contribution in [3.63, 3.8) is 0 Å². The van der Waals surface area contributed by atoms with Crippen molar-refractivity contribution >= 4 is 17.3 Å². The summed E-state index contributed by atoms with van der Waals surface area (Å²) in [5.41, 5.74) is 1.64. The maximum absolute atomic E-state index is 11.8. The molecule has 26 heavy (non-hydrogen) atoms. The van der Waals surface area contributed by atoms with Gasteiger partial charge in [-0.3, -0.25) is 14.9 Å². The van der Waals surface area contributed by atoms with Gasteiger partial charge in [0, 0.05) is 25.6 Å². The largest absolute Gasteiger partial charge is 0.494 e. The van der Waals surface area contributed by atoms with Crippen LogP contribution >= 0.6 is 0 Å². The van der Waals surface area contributed by atoms with Crippen molar-refractivity contribution in [2.24, 2.45) is 0 Å². The molecule has 0 radical (unpaired) electrons. The second-order valence-corrected chi connectivity index (χ2v) is 5.82. The molecule has 7 nitrogen and oxygen atoms in total. The summed E-state index contributed by atoms with van der Waals surface area (Å²) in [5.74, 6) is 0.728. The van der Waals surface area contributed by atoms with E-state index in [1.165, 1.54) is 11.6 Å². The highest BCUT2D eigenvalue weighted by molar-refractivity contribution is 5.75. The Bertz CT molecular complexity index is 732. The van der Waals surface area contributed by atoms with E-state index in [1.807, 2.05) is 31.2 Å². The number of aryl methyl sites for hydroxylation is 1. The van der Waals surface area contributed by atoms with Gasteiger partial charge in [-0.25, -0.2) is 0 Å². The molecule has 0 aromatic heterocycles. The minimum Gasteiger partial charge on any atom is -0.494 e. The fourth-order valence-electron chi connectivity index (χ4n) is 2.33. The lowest BCUT2D eigenvalue weighted by atomic mass is 10.2. The van der Waals surface area contributed by atoms with Crippen LogP contribution in [0.25, 0.3) is 0 Å². The van der Waals surface area contributed by atoms with Crippen molar-refractivity contribution in [2.75, 3.05) is 25.0 Å². The number of amides is 1. The Morgan fingerprint density at radius 3 is 2.58 bits per heavy atom. The number of hydrogen-bond donors (Lipinski definition) is 2. The van der Waals surface area contributed by atoms with Gasteiger partial charge in [-0.15, -0.1) is 0 Å². The Labute approximate surface area is 152 Å². The van der Waals surface area contributed by atoms with E-state index in [2.05, 4.69) is 10.6 Å². The number of ether oxygens (including phenoxy) is 1. The lowest BCUT2D eigenvalue weighted by molar-refractivity contribution is -0.384. The molecule has 0 atom stereocenters. The number of nitro benzene ring substituents is 1. The number of rotatable bonds is 10. The molecule has 0 aliphatic carbocycles. The summed E-state index contributed by atoms with van der Waals surface area (Å²) in [4.78, 5) is 22.3. The molecular formula is C19H23N3O4. The average molecular weight is 357 g/mol. The zero-order valence-corrected chi connectivity index (χ0v) is 14.7. The molecule has 0 aliphatic rings. The summed E-state index contributed by atoms with van der Waals surface area (Å²) in [5, 5.41) is 16.7. The predicted molar refractivity (Wildman–Crippen MR) is 101 cm³/mol. The number of hydrogen-bond acceptors (Lipinski definition) is 5. The van der Waals surface area contributed by atoms with Crippen LogP contribution in [0.4, 0.5) is 11.4 Å². The number of nitro groups is 1. The standard InChI is InChI=1S/C19H23N3O4/c1-15-8-10-16(11-9-15)26-14-4-7-19(23)21-13-12-20-17-5-2-3-6-18(17)22(24)25/h2-3,5-6,8-11,20H,4,7,12-14H2,1H3,(H,21,23). The third-order valence-corrected chi connectivity index (χ3v) is 3.70. The van der Waals surface area contributed by atoms with E-state index in [0.717, 1.165) is 5.75 Å². The smallest absolute Gasteiger partial charge is 0.292 e. The third-order valence-electron chi connectivity index (χ3n) is 3.70. The van der Waals surface area contributed by atoms with E-state index in [0.29, 0.717) is 38.2 Å². The lowest BCUT2D eigenvalue weighted by Crippen LogP contribution is -2.28. The molecular weight excluding hydrogens is 334 g/mol. The molecule has 0 fully saturated rings. The number of para-hydroxylation sites is 2. The van der Waals surface area contributed by atoms with E-state index >= 15 is 0 Å². The summed E-state index contributed by atoms with van der Waals surface area (Å²) in [6.45, 7) is 3.30. The van der Waals surface area contributed by atoms with Crippen molar-refractivity contribution < 1.29 is 14.5 Å². The zero-order chi connectivity index (χ0) is 18.8. The Balaban J connectivity index is 1.59. The monoisotopic (exact) mass is 357 g/mol. The first kappa shape index (κ1) is 19.2. The van der Waals surface area contributed by atoms with Gasteiger partial charge in [0.05, 0.1) is 11.5 Å². The van der Waals surface area contributed by atoms with Crippen LogP contribution in [0.1, 0.15) is 18.4 Å². The van der Waals surface area contributed by atoms with Crippen LogP contribution in [0.5, 0.6) is 5.75 Å². The minimum atomic E-state index is -0.436. The van der Waals surface area contributed by atoms with E-state index in [-0.39, 0.29) is 11.6 Å². The molecule has 0 saturated heterocycles. The fraction of sp³-hybridized carbons (Fsp3) is 0.316. The predicted octanol–water partition coefficient (Wildman–Crippen LogP) is 3.29. The summed E-state index contributed by atoms with van der Waals surface area (Å²) in [6, 6.07) is 14.2. The first-order chi connectivity index (χ1) is 12.6. The molecule has 0 heterocycles. The van der Waals surface area contributed by atoms with Gasteiger partial charge in [0.2, 0.25) is 5.91 Å². The van der Waals surface area contributed by atoms with Crippen LogP contribution in [-0.2, 0) is 4.79 Å². The number of anilines is 1. The normalized spacial score (nSPS) is 10.2. The summed E-state index contributed by atoms with van der Waals surface area (Å²) in [7, 11) is 0. The number of nitrogens with one attached hydrogen (secondary N) is 2. The molecule has 0 saturated carbocycles. The van der Waals surface area contributed by atoms with Crippen molar-refractivity contribution in [2.45, 2.75) is 19.8 Å².